The minimum Gasteiger partial charge on any atom is -0.359 e. The molecule has 0 aromatic carbocycles. The van der Waals surface area contributed by atoms with Gasteiger partial charge < -0.3 is 20.2 Å². The smallest absolute Gasteiger partial charge is 0.323 e. The SMILES string of the molecule is CN(CCc1ccccn1)c1ncccc1CNC(=O)c1c[nH]c(=O)[nH]1. The van der Waals surface area contributed by atoms with Gasteiger partial charge in [-0.2, -0.15) is 0 Å². The van der Waals surface area contributed by atoms with Gasteiger partial charge in [0.25, 0.3) is 5.91 Å². The van der Waals surface area contributed by atoms with Crippen LogP contribution in [0.3, 0.4) is 0 Å². The summed E-state index contributed by atoms with van der Waals surface area (Å²) in [5.41, 5.74) is 1.69. The van der Waals surface area contributed by atoms with E-state index in [4.69, 9.17) is 0 Å². The van der Waals surface area contributed by atoms with Crippen molar-refractivity contribution in [3.63, 3.8) is 0 Å². The molecule has 26 heavy (non-hydrogen) atoms. The number of imidazole rings is 1. The molecule has 3 aromatic rings. The first-order valence-corrected chi connectivity index (χ1v) is 8.24. The number of carbonyl (C=O) groups excluding carboxylic acids is 1. The maximum Gasteiger partial charge on any atom is 0.323 e. The van der Waals surface area contributed by atoms with Crippen molar-refractivity contribution in [2.75, 3.05) is 18.5 Å². The van der Waals surface area contributed by atoms with E-state index in [1.54, 1.807) is 12.4 Å². The average molecular weight is 352 g/mol. The minimum atomic E-state index is -0.411. The minimum absolute atomic E-state index is 0.198. The average Bonchev–Trinajstić information content (AvgIpc) is 3.12. The highest BCUT2D eigenvalue weighted by atomic mass is 16.2. The molecule has 0 aliphatic carbocycles. The number of nitrogens with zero attached hydrogens (tertiary/aromatic N) is 3. The molecule has 0 spiro atoms. The van der Waals surface area contributed by atoms with Gasteiger partial charge in [-0.25, -0.2) is 9.78 Å². The molecule has 3 N–H and O–H groups in total. The zero-order valence-electron chi connectivity index (χ0n) is 14.4. The molecule has 8 heteroatoms. The molecule has 0 radical (unpaired) electrons. The Morgan fingerprint density at radius 2 is 2.04 bits per heavy atom. The van der Waals surface area contributed by atoms with E-state index in [0.717, 1.165) is 30.0 Å². The number of hydrogen-bond donors (Lipinski definition) is 3. The number of amides is 1. The lowest BCUT2D eigenvalue weighted by molar-refractivity contribution is 0.0946. The van der Waals surface area contributed by atoms with Crippen LogP contribution in [0.5, 0.6) is 0 Å². The number of H-pyrrole nitrogens is 2. The molecular formula is C18H20N6O2. The van der Waals surface area contributed by atoms with E-state index in [0.29, 0.717) is 6.54 Å². The fourth-order valence-electron chi connectivity index (χ4n) is 2.57. The molecule has 134 valence electrons. The lowest BCUT2D eigenvalue weighted by atomic mass is 10.2. The first-order valence-electron chi connectivity index (χ1n) is 8.24. The lowest BCUT2D eigenvalue weighted by Gasteiger charge is -2.21. The van der Waals surface area contributed by atoms with Gasteiger partial charge in [-0.05, 0) is 18.2 Å². The second-order valence-electron chi connectivity index (χ2n) is 5.82. The predicted octanol–water partition coefficient (Wildman–Crippen LogP) is 1.10. The van der Waals surface area contributed by atoms with Gasteiger partial charge in [-0.1, -0.05) is 12.1 Å². The highest BCUT2D eigenvalue weighted by Gasteiger charge is 2.12. The largest absolute Gasteiger partial charge is 0.359 e. The Balaban J connectivity index is 1.63. The summed E-state index contributed by atoms with van der Waals surface area (Å²) in [6, 6.07) is 9.60. The molecule has 0 saturated carbocycles. The van der Waals surface area contributed by atoms with Crippen molar-refractivity contribution in [2.45, 2.75) is 13.0 Å². The van der Waals surface area contributed by atoms with Gasteiger partial charge in [0, 0.05) is 56.4 Å². The first-order chi connectivity index (χ1) is 12.6. The second kappa shape index (κ2) is 8.11. The number of likely N-dealkylation sites (N-methyl/N-ethyl adjacent to an activating group) is 1. The summed E-state index contributed by atoms with van der Waals surface area (Å²) >= 11 is 0. The fraction of sp³-hybridized carbons (Fsp3) is 0.222. The van der Waals surface area contributed by atoms with Crippen molar-refractivity contribution in [1.82, 2.24) is 25.3 Å². The van der Waals surface area contributed by atoms with Crippen molar-refractivity contribution in [3.05, 3.63) is 76.4 Å². The van der Waals surface area contributed by atoms with E-state index in [1.807, 2.05) is 42.3 Å². The molecule has 8 nitrogen and oxygen atoms in total. The van der Waals surface area contributed by atoms with Crippen molar-refractivity contribution >= 4 is 11.7 Å². The Hall–Kier alpha value is -3.42. The normalized spacial score (nSPS) is 10.5. The molecule has 0 saturated heterocycles. The molecular weight excluding hydrogens is 332 g/mol. The molecule has 3 heterocycles. The molecule has 3 aromatic heterocycles. The van der Waals surface area contributed by atoms with Crippen LogP contribution in [0, 0.1) is 0 Å². The van der Waals surface area contributed by atoms with Gasteiger partial charge >= 0.3 is 5.69 Å². The van der Waals surface area contributed by atoms with Gasteiger partial charge in [0.05, 0.1) is 0 Å². The van der Waals surface area contributed by atoms with Crippen molar-refractivity contribution in [1.29, 1.82) is 0 Å². The summed E-state index contributed by atoms with van der Waals surface area (Å²) in [5, 5.41) is 2.79. The van der Waals surface area contributed by atoms with Gasteiger partial charge in [0.2, 0.25) is 0 Å². The highest BCUT2D eigenvalue weighted by Crippen LogP contribution is 2.16. The summed E-state index contributed by atoms with van der Waals surface area (Å²) in [6.45, 7) is 1.06. The van der Waals surface area contributed by atoms with E-state index >= 15 is 0 Å². The van der Waals surface area contributed by atoms with Crippen LogP contribution in [-0.4, -0.2) is 39.4 Å². The molecule has 1 amide bonds. The summed E-state index contributed by atoms with van der Waals surface area (Å²) < 4.78 is 0. The summed E-state index contributed by atoms with van der Waals surface area (Å²) in [7, 11) is 1.96. The van der Waals surface area contributed by atoms with E-state index < -0.39 is 5.69 Å². The lowest BCUT2D eigenvalue weighted by Crippen LogP contribution is -2.27. The van der Waals surface area contributed by atoms with Crippen LogP contribution in [0.2, 0.25) is 0 Å². The fourth-order valence-corrected chi connectivity index (χ4v) is 2.57. The zero-order chi connectivity index (χ0) is 18.4. The first kappa shape index (κ1) is 17.4. The van der Waals surface area contributed by atoms with Gasteiger partial charge in [0.1, 0.15) is 11.5 Å². The number of rotatable bonds is 7. The monoisotopic (exact) mass is 352 g/mol. The van der Waals surface area contributed by atoms with E-state index in [-0.39, 0.29) is 11.6 Å². The number of anilines is 1. The summed E-state index contributed by atoms with van der Waals surface area (Å²) in [4.78, 5) is 38.8. The third kappa shape index (κ3) is 4.35. The maximum absolute atomic E-state index is 12.1. The maximum atomic E-state index is 12.1. The van der Waals surface area contributed by atoms with E-state index in [9.17, 15) is 9.59 Å². The number of aromatic amines is 2. The Morgan fingerprint density at radius 3 is 2.77 bits per heavy atom. The van der Waals surface area contributed by atoms with Crippen LogP contribution in [0.15, 0.2) is 53.7 Å². The molecule has 0 aliphatic heterocycles. The Morgan fingerprint density at radius 1 is 1.19 bits per heavy atom. The highest BCUT2D eigenvalue weighted by molar-refractivity contribution is 5.91. The van der Waals surface area contributed by atoms with Crippen molar-refractivity contribution in [3.8, 4) is 0 Å². The van der Waals surface area contributed by atoms with Crippen LogP contribution < -0.4 is 15.9 Å². The second-order valence-corrected chi connectivity index (χ2v) is 5.82. The molecule has 0 unspecified atom stereocenters. The van der Waals surface area contributed by atoms with E-state index in [2.05, 4.69) is 25.3 Å². The quantitative estimate of drug-likeness (QED) is 0.590. The molecule has 0 bridgehead atoms. The number of pyridine rings is 2. The topological polar surface area (TPSA) is 107 Å². The third-order valence-corrected chi connectivity index (χ3v) is 3.94. The number of aromatic nitrogens is 4. The Kier molecular flexibility index (Phi) is 5.43. The van der Waals surface area contributed by atoms with Crippen molar-refractivity contribution in [2.24, 2.45) is 0 Å². The van der Waals surface area contributed by atoms with Crippen LogP contribution in [0.1, 0.15) is 21.7 Å². The number of carbonyl (C=O) groups is 1. The Labute approximate surface area is 150 Å². The van der Waals surface area contributed by atoms with Crippen LogP contribution >= 0.6 is 0 Å². The van der Waals surface area contributed by atoms with Gasteiger partial charge in [-0.3, -0.25) is 9.78 Å². The number of nitrogens with one attached hydrogen (secondary N) is 3. The van der Waals surface area contributed by atoms with Crippen LogP contribution in [0.25, 0.3) is 0 Å². The van der Waals surface area contributed by atoms with Gasteiger partial charge in [-0.15, -0.1) is 0 Å². The molecule has 3 rings (SSSR count). The predicted molar refractivity (Wildman–Crippen MR) is 98.0 cm³/mol. The third-order valence-electron chi connectivity index (χ3n) is 3.94. The van der Waals surface area contributed by atoms with Gasteiger partial charge in [0.15, 0.2) is 0 Å². The van der Waals surface area contributed by atoms with Crippen LogP contribution in [0.4, 0.5) is 5.82 Å². The standard InChI is InChI=1S/C18H20N6O2/c1-24(10-7-14-6-2-3-8-19-14)16-13(5-4-9-20-16)11-21-17(25)15-12-22-18(26)23-15/h2-6,8-9,12H,7,10-11H2,1H3,(H,21,25)(H2,22,23,26). The molecule has 0 aliphatic rings. The zero-order valence-corrected chi connectivity index (χ0v) is 14.4. The summed E-state index contributed by atoms with van der Waals surface area (Å²) in [6.07, 6.45) is 5.65. The molecule has 0 fully saturated rings. The Bertz CT molecular complexity index is 918. The molecule has 0 atom stereocenters. The van der Waals surface area contributed by atoms with Crippen molar-refractivity contribution < 1.29 is 4.79 Å². The van der Waals surface area contributed by atoms with E-state index in [1.165, 1.54) is 6.20 Å². The number of hydrogen-bond acceptors (Lipinski definition) is 5. The van der Waals surface area contributed by atoms with Crippen LogP contribution in [-0.2, 0) is 13.0 Å². The summed E-state index contributed by atoms with van der Waals surface area (Å²) in [5.74, 6) is 0.445.